The summed E-state index contributed by atoms with van der Waals surface area (Å²) in [5, 5.41) is 3.26. The van der Waals surface area contributed by atoms with Gasteiger partial charge in [-0.05, 0) is 24.6 Å². The van der Waals surface area contributed by atoms with Gasteiger partial charge in [0, 0.05) is 34.4 Å². The second-order valence-electron chi connectivity index (χ2n) is 4.09. The van der Waals surface area contributed by atoms with Crippen LogP contribution >= 0.6 is 11.6 Å². The predicted octanol–water partition coefficient (Wildman–Crippen LogP) is 1.81. The minimum absolute atomic E-state index is 0.0700. The van der Waals surface area contributed by atoms with Crippen molar-refractivity contribution < 1.29 is 9.00 Å². The molecule has 1 aromatic rings. The zero-order valence-electron chi connectivity index (χ0n) is 10.4. The smallest absolute Gasteiger partial charge is 0.251 e. The fraction of sp³-hybridized carbons (Fsp3) is 0.417. The summed E-state index contributed by atoms with van der Waals surface area (Å²) in [6, 6.07) is 4.75. The van der Waals surface area contributed by atoms with Crippen LogP contribution in [0.1, 0.15) is 23.7 Å². The van der Waals surface area contributed by atoms with E-state index >= 15 is 0 Å². The van der Waals surface area contributed by atoms with E-state index in [9.17, 15) is 9.00 Å². The van der Waals surface area contributed by atoms with Crippen LogP contribution in [-0.4, -0.2) is 28.2 Å². The Kier molecular flexibility index (Phi) is 5.62. The van der Waals surface area contributed by atoms with E-state index in [0.717, 1.165) is 0 Å². The highest BCUT2D eigenvalue weighted by atomic mass is 35.5. The average Bonchev–Trinajstić information content (AvgIpc) is 2.32. The highest BCUT2D eigenvalue weighted by Gasteiger charge is 2.09. The number of benzene rings is 1. The van der Waals surface area contributed by atoms with Crippen LogP contribution in [0.25, 0.3) is 0 Å². The quantitative estimate of drug-likeness (QED) is 0.812. The Morgan fingerprint density at radius 2 is 2.22 bits per heavy atom. The maximum atomic E-state index is 11.8. The number of nitrogen functional groups attached to an aromatic ring is 1. The molecule has 18 heavy (non-hydrogen) atoms. The lowest BCUT2D eigenvalue weighted by Gasteiger charge is -2.09. The maximum absolute atomic E-state index is 11.8. The van der Waals surface area contributed by atoms with E-state index in [2.05, 4.69) is 5.32 Å². The first-order valence-corrected chi connectivity index (χ1v) is 7.57. The van der Waals surface area contributed by atoms with Gasteiger partial charge in [-0.15, -0.1) is 0 Å². The number of carbonyl (C=O) groups is 1. The molecule has 1 amide bonds. The molecule has 1 rings (SSSR count). The second kappa shape index (κ2) is 6.75. The highest BCUT2D eigenvalue weighted by molar-refractivity contribution is 7.84. The first-order chi connectivity index (χ1) is 8.41. The third kappa shape index (κ3) is 4.31. The molecule has 0 fully saturated rings. The summed E-state index contributed by atoms with van der Waals surface area (Å²) < 4.78 is 11.1. The van der Waals surface area contributed by atoms with Gasteiger partial charge in [0.2, 0.25) is 0 Å². The Morgan fingerprint density at radius 3 is 2.78 bits per heavy atom. The molecule has 0 heterocycles. The van der Waals surface area contributed by atoms with E-state index in [1.54, 1.807) is 24.5 Å². The van der Waals surface area contributed by atoms with Gasteiger partial charge >= 0.3 is 0 Å². The van der Waals surface area contributed by atoms with Gasteiger partial charge in [-0.25, -0.2) is 0 Å². The molecule has 0 saturated carbocycles. The number of hydrogen-bond acceptors (Lipinski definition) is 3. The van der Waals surface area contributed by atoms with Crippen molar-refractivity contribution in [2.45, 2.75) is 18.6 Å². The van der Waals surface area contributed by atoms with Gasteiger partial charge in [-0.1, -0.05) is 18.5 Å². The molecule has 0 saturated heterocycles. The van der Waals surface area contributed by atoms with Crippen molar-refractivity contribution in [1.29, 1.82) is 0 Å². The number of rotatable bonds is 5. The van der Waals surface area contributed by atoms with Crippen molar-refractivity contribution in [2.75, 3.05) is 18.5 Å². The zero-order chi connectivity index (χ0) is 13.7. The van der Waals surface area contributed by atoms with Gasteiger partial charge in [-0.3, -0.25) is 9.00 Å². The van der Waals surface area contributed by atoms with Crippen LogP contribution in [-0.2, 0) is 10.8 Å². The molecule has 0 bridgehead atoms. The third-order valence-corrected chi connectivity index (χ3v) is 4.37. The Morgan fingerprint density at radius 1 is 1.56 bits per heavy atom. The molecular weight excluding hydrogens is 272 g/mol. The first kappa shape index (κ1) is 15.0. The van der Waals surface area contributed by atoms with Crippen LogP contribution in [0.15, 0.2) is 18.2 Å². The molecule has 2 atom stereocenters. The lowest BCUT2D eigenvalue weighted by atomic mass is 10.2. The molecule has 0 aromatic heterocycles. The van der Waals surface area contributed by atoms with Crippen molar-refractivity contribution in [1.82, 2.24) is 5.32 Å². The van der Waals surface area contributed by atoms with Crippen molar-refractivity contribution in [3.8, 4) is 0 Å². The number of nitrogens with one attached hydrogen (secondary N) is 1. The van der Waals surface area contributed by atoms with Crippen LogP contribution < -0.4 is 11.1 Å². The number of hydrogen-bond donors (Lipinski definition) is 2. The van der Waals surface area contributed by atoms with E-state index < -0.39 is 10.8 Å². The summed E-state index contributed by atoms with van der Waals surface area (Å²) in [5.41, 5.74) is 6.48. The summed E-state index contributed by atoms with van der Waals surface area (Å²) in [6.07, 6.45) is 2.34. The summed E-state index contributed by atoms with van der Waals surface area (Å²) in [5.74, 6) is -0.201. The molecule has 1 aromatic carbocycles. The summed E-state index contributed by atoms with van der Waals surface area (Å²) in [6.45, 7) is 2.38. The normalized spacial score (nSPS) is 13.9. The van der Waals surface area contributed by atoms with Gasteiger partial charge in [0.1, 0.15) is 0 Å². The molecule has 0 aliphatic carbocycles. The van der Waals surface area contributed by atoms with Crippen LogP contribution in [0.5, 0.6) is 0 Å². The SMILES string of the molecule is CC(CCNC(=O)c1ccc(Cl)c(N)c1)S(C)=O. The molecule has 0 spiro atoms. The standard InChI is InChI=1S/C12H17ClN2O2S/c1-8(18(2)17)5-6-15-12(16)9-3-4-10(13)11(14)7-9/h3-4,7-8H,5-6,14H2,1-2H3,(H,15,16). The Bertz CT molecular complexity index is 465. The van der Waals surface area contributed by atoms with Crippen LogP contribution in [0, 0.1) is 0 Å². The third-order valence-electron chi connectivity index (χ3n) is 2.66. The minimum atomic E-state index is -0.865. The Hall–Kier alpha value is -1.07. The largest absolute Gasteiger partial charge is 0.398 e. The lowest BCUT2D eigenvalue weighted by Crippen LogP contribution is -2.27. The topological polar surface area (TPSA) is 72.2 Å². The van der Waals surface area contributed by atoms with Crippen molar-refractivity contribution in [3.63, 3.8) is 0 Å². The molecule has 4 nitrogen and oxygen atoms in total. The fourth-order valence-electron chi connectivity index (χ4n) is 1.34. The predicted molar refractivity (Wildman–Crippen MR) is 76.3 cm³/mol. The Balaban J connectivity index is 2.50. The summed E-state index contributed by atoms with van der Waals surface area (Å²) >= 11 is 5.78. The molecule has 0 aliphatic rings. The number of carbonyl (C=O) groups excluding carboxylic acids is 1. The van der Waals surface area contributed by atoms with Gasteiger partial charge in [0.15, 0.2) is 0 Å². The van der Waals surface area contributed by atoms with Crippen molar-refractivity contribution in [3.05, 3.63) is 28.8 Å². The zero-order valence-corrected chi connectivity index (χ0v) is 12.0. The van der Waals surface area contributed by atoms with Crippen molar-refractivity contribution in [2.24, 2.45) is 0 Å². The van der Waals surface area contributed by atoms with Crippen molar-refractivity contribution >= 4 is 34.0 Å². The van der Waals surface area contributed by atoms with Gasteiger partial charge < -0.3 is 11.1 Å². The molecule has 6 heteroatoms. The van der Waals surface area contributed by atoms with E-state index in [1.165, 1.54) is 0 Å². The molecule has 100 valence electrons. The van der Waals surface area contributed by atoms with E-state index in [0.29, 0.717) is 29.2 Å². The van der Waals surface area contributed by atoms with Gasteiger partial charge in [0.25, 0.3) is 5.91 Å². The number of anilines is 1. The molecule has 2 unspecified atom stereocenters. The van der Waals surface area contributed by atoms with Gasteiger partial charge in [-0.2, -0.15) is 0 Å². The first-order valence-electron chi connectivity index (χ1n) is 5.57. The maximum Gasteiger partial charge on any atom is 0.251 e. The number of nitrogens with two attached hydrogens (primary N) is 1. The lowest BCUT2D eigenvalue weighted by molar-refractivity contribution is 0.0953. The van der Waals surface area contributed by atoms with Gasteiger partial charge in [0.05, 0.1) is 10.7 Å². The van der Waals surface area contributed by atoms with Crippen LogP contribution in [0.2, 0.25) is 5.02 Å². The summed E-state index contributed by atoms with van der Waals surface area (Å²) in [4.78, 5) is 11.8. The molecule has 0 aliphatic heterocycles. The van der Waals surface area contributed by atoms with E-state index in [1.807, 2.05) is 6.92 Å². The van der Waals surface area contributed by atoms with Crippen LogP contribution in [0.3, 0.4) is 0 Å². The monoisotopic (exact) mass is 288 g/mol. The molecular formula is C12H17ClN2O2S. The Labute approximate surface area is 114 Å². The van der Waals surface area contributed by atoms with E-state index in [-0.39, 0.29) is 11.2 Å². The molecule has 0 radical (unpaired) electrons. The summed E-state index contributed by atoms with van der Waals surface area (Å²) in [7, 11) is -0.865. The highest BCUT2D eigenvalue weighted by Crippen LogP contribution is 2.19. The fourth-order valence-corrected chi connectivity index (χ4v) is 1.91. The molecule has 3 N–H and O–H groups in total. The van der Waals surface area contributed by atoms with E-state index in [4.69, 9.17) is 17.3 Å². The second-order valence-corrected chi connectivity index (χ2v) is 6.30. The average molecular weight is 289 g/mol. The number of halogens is 1. The number of amides is 1. The minimum Gasteiger partial charge on any atom is -0.398 e. The van der Waals surface area contributed by atoms with Crippen LogP contribution in [0.4, 0.5) is 5.69 Å².